The topological polar surface area (TPSA) is 74.6 Å². The fraction of sp³-hybridized carbons (Fsp3) is 0.417. The molecule has 2 rings (SSSR count). The van der Waals surface area contributed by atoms with Gasteiger partial charge in [0.2, 0.25) is 0 Å². The number of benzene rings is 1. The molecule has 0 aliphatic heterocycles. The Morgan fingerprint density at radius 3 is 2.33 bits per heavy atom. The van der Waals surface area contributed by atoms with Crippen LogP contribution in [0.2, 0.25) is 0 Å². The van der Waals surface area contributed by atoms with Crippen LogP contribution in [0.1, 0.15) is 61.6 Å². The summed E-state index contributed by atoms with van der Waals surface area (Å²) < 4.78 is 5.71. The number of hydrogen-bond acceptors (Lipinski definition) is 4. The number of carbonyl (C=O) groups excluding carboxylic acids is 2. The third-order valence-corrected chi connectivity index (χ3v) is 4.68. The Hall–Kier alpha value is -3.02. The molecule has 0 aliphatic rings. The third-order valence-electron chi connectivity index (χ3n) is 4.68. The molecule has 0 atom stereocenters. The van der Waals surface area contributed by atoms with Gasteiger partial charge >= 0.3 is 0 Å². The van der Waals surface area contributed by atoms with Crippen molar-refractivity contribution >= 4 is 23.8 Å². The quantitative estimate of drug-likeness (QED) is 0.396. The fourth-order valence-corrected chi connectivity index (χ4v) is 2.95. The first-order chi connectivity index (χ1) is 14.5. The molecular weight excluding hydrogens is 378 g/mol. The summed E-state index contributed by atoms with van der Waals surface area (Å²) in [4.78, 5) is 27.1. The molecule has 2 N–H and O–H groups in total. The molecule has 0 spiro atoms. The van der Waals surface area contributed by atoms with E-state index in [-0.39, 0.29) is 17.5 Å². The minimum atomic E-state index is -0.337. The molecule has 0 saturated carbocycles. The van der Waals surface area contributed by atoms with E-state index in [0.29, 0.717) is 23.8 Å². The van der Waals surface area contributed by atoms with Crippen molar-refractivity contribution < 1.29 is 14.0 Å². The Morgan fingerprint density at radius 1 is 0.967 bits per heavy atom. The molecule has 1 aromatic carbocycles. The summed E-state index contributed by atoms with van der Waals surface area (Å²) >= 11 is 0. The van der Waals surface area contributed by atoms with E-state index in [1.54, 1.807) is 36.4 Å². The molecule has 0 fully saturated rings. The fourth-order valence-electron chi connectivity index (χ4n) is 2.95. The average Bonchev–Trinajstić information content (AvgIpc) is 3.22. The van der Waals surface area contributed by atoms with E-state index >= 15 is 0 Å². The maximum Gasteiger partial charge on any atom is 0.267 e. The normalized spacial score (nSPS) is 11.2. The van der Waals surface area contributed by atoms with Crippen LogP contribution in [-0.2, 0) is 4.79 Å². The molecule has 0 saturated heterocycles. The summed E-state index contributed by atoms with van der Waals surface area (Å²) in [7, 11) is 3.75. The van der Waals surface area contributed by atoms with Crippen molar-refractivity contribution in [2.45, 2.75) is 45.4 Å². The lowest BCUT2D eigenvalue weighted by Crippen LogP contribution is -2.35. The first-order valence-corrected chi connectivity index (χ1v) is 10.6. The second-order valence-corrected chi connectivity index (χ2v) is 7.47. The first kappa shape index (κ1) is 23.3. The zero-order chi connectivity index (χ0) is 21.8. The Kier molecular flexibility index (Phi) is 9.71. The Balaban J connectivity index is 2.03. The molecule has 6 nitrogen and oxygen atoms in total. The van der Waals surface area contributed by atoms with Gasteiger partial charge in [0, 0.05) is 38.3 Å². The number of anilines is 1. The summed E-state index contributed by atoms with van der Waals surface area (Å²) in [5.74, 6) is 0.505. The van der Waals surface area contributed by atoms with E-state index in [0.717, 1.165) is 12.8 Å². The maximum absolute atomic E-state index is 12.7. The molecule has 162 valence electrons. The van der Waals surface area contributed by atoms with E-state index in [4.69, 9.17) is 4.42 Å². The predicted octanol–water partition coefficient (Wildman–Crippen LogP) is 4.59. The standard InChI is InChI=1S/C24H33N3O3/c1-4-5-6-7-8-12-17-25-24(29)21(18-20-15-16-22(30-20)27(2)3)26-23(28)19-13-10-9-11-14-19/h9-11,13-16,18H,4-8,12,17H2,1-3H3,(H,25,29)(H,26,28). The monoisotopic (exact) mass is 411 g/mol. The summed E-state index contributed by atoms with van der Waals surface area (Å²) in [6, 6.07) is 12.4. The first-order valence-electron chi connectivity index (χ1n) is 10.6. The molecular formula is C24H33N3O3. The number of amides is 2. The van der Waals surface area contributed by atoms with Gasteiger partial charge in [-0.15, -0.1) is 0 Å². The van der Waals surface area contributed by atoms with Crippen molar-refractivity contribution in [3.63, 3.8) is 0 Å². The maximum atomic E-state index is 12.7. The van der Waals surface area contributed by atoms with Gasteiger partial charge in [-0.3, -0.25) is 9.59 Å². The van der Waals surface area contributed by atoms with E-state index in [1.807, 2.05) is 31.1 Å². The van der Waals surface area contributed by atoms with Crippen molar-refractivity contribution in [1.82, 2.24) is 10.6 Å². The van der Waals surface area contributed by atoms with Crippen LogP contribution in [0.25, 0.3) is 6.08 Å². The van der Waals surface area contributed by atoms with Gasteiger partial charge in [0.15, 0.2) is 5.88 Å². The van der Waals surface area contributed by atoms with Gasteiger partial charge in [-0.25, -0.2) is 0 Å². The molecule has 0 unspecified atom stereocenters. The lowest BCUT2D eigenvalue weighted by atomic mass is 10.1. The average molecular weight is 412 g/mol. The highest BCUT2D eigenvalue weighted by Crippen LogP contribution is 2.18. The van der Waals surface area contributed by atoms with Gasteiger partial charge in [-0.05, 0) is 24.6 Å². The van der Waals surface area contributed by atoms with Gasteiger partial charge < -0.3 is 20.0 Å². The Bertz CT molecular complexity index is 825. The molecule has 1 aromatic heterocycles. The lowest BCUT2D eigenvalue weighted by molar-refractivity contribution is -0.117. The predicted molar refractivity (Wildman–Crippen MR) is 121 cm³/mol. The highest BCUT2D eigenvalue weighted by Gasteiger charge is 2.15. The summed E-state index contributed by atoms with van der Waals surface area (Å²) in [5.41, 5.74) is 0.648. The number of nitrogens with one attached hydrogen (secondary N) is 2. The van der Waals surface area contributed by atoms with Crippen LogP contribution in [0.4, 0.5) is 5.88 Å². The number of rotatable bonds is 12. The molecule has 2 aromatic rings. The number of unbranched alkanes of at least 4 members (excludes halogenated alkanes) is 5. The smallest absolute Gasteiger partial charge is 0.267 e. The van der Waals surface area contributed by atoms with E-state index in [2.05, 4.69) is 17.6 Å². The molecule has 0 aliphatic carbocycles. The zero-order valence-corrected chi connectivity index (χ0v) is 18.2. The van der Waals surface area contributed by atoms with Crippen LogP contribution in [0.5, 0.6) is 0 Å². The van der Waals surface area contributed by atoms with Gasteiger partial charge in [0.1, 0.15) is 11.5 Å². The summed E-state index contributed by atoms with van der Waals surface area (Å²) in [6.07, 6.45) is 8.44. The number of furan rings is 1. The van der Waals surface area contributed by atoms with Crippen LogP contribution in [0.15, 0.2) is 52.6 Å². The largest absolute Gasteiger partial charge is 0.441 e. The Morgan fingerprint density at radius 2 is 1.67 bits per heavy atom. The number of nitrogens with zero attached hydrogens (tertiary/aromatic N) is 1. The third kappa shape index (κ3) is 7.78. The minimum Gasteiger partial charge on any atom is -0.441 e. The number of carbonyl (C=O) groups is 2. The van der Waals surface area contributed by atoms with Gasteiger partial charge in [-0.1, -0.05) is 57.2 Å². The van der Waals surface area contributed by atoms with Crippen molar-refractivity contribution in [1.29, 1.82) is 0 Å². The van der Waals surface area contributed by atoms with E-state index < -0.39 is 0 Å². The SMILES string of the molecule is CCCCCCCCNC(=O)C(=Cc1ccc(N(C)C)o1)NC(=O)c1ccccc1. The highest BCUT2D eigenvalue weighted by molar-refractivity contribution is 6.05. The zero-order valence-electron chi connectivity index (χ0n) is 18.2. The van der Waals surface area contributed by atoms with E-state index in [9.17, 15) is 9.59 Å². The van der Waals surface area contributed by atoms with Crippen molar-refractivity contribution in [2.75, 3.05) is 25.5 Å². The van der Waals surface area contributed by atoms with Crippen molar-refractivity contribution in [3.05, 3.63) is 59.5 Å². The second kappa shape index (κ2) is 12.5. The molecule has 2 amide bonds. The second-order valence-electron chi connectivity index (χ2n) is 7.47. The molecule has 30 heavy (non-hydrogen) atoms. The van der Waals surface area contributed by atoms with Gasteiger partial charge in [0.05, 0.1) is 0 Å². The van der Waals surface area contributed by atoms with Crippen LogP contribution >= 0.6 is 0 Å². The number of hydrogen-bond donors (Lipinski definition) is 2. The molecule has 6 heteroatoms. The van der Waals surface area contributed by atoms with Gasteiger partial charge in [0.25, 0.3) is 11.8 Å². The lowest BCUT2D eigenvalue weighted by Gasteiger charge is -2.11. The molecule has 1 heterocycles. The van der Waals surface area contributed by atoms with Crippen LogP contribution < -0.4 is 15.5 Å². The van der Waals surface area contributed by atoms with Gasteiger partial charge in [-0.2, -0.15) is 0 Å². The van der Waals surface area contributed by atoms with Crippen LogP contribution in [0, 0.1) is 0 Å². The molecule has 0 bridgehead atoms. The van der Waals surface area contributed by atoms with Crippen LogP contribution in [0.3, 0.4) is 0 Å². The summed E-state index contributed by atoms with van der Waals surface area (Å²) in [5, 5.41) is 5.63. The Labute approximate surface area is 179 Å². The van der Waals surface area contributed by atoms with E-state index in [1.165, 1.54) is 25.7 Å². The molecule has 0 radical (unpaired) electrons. The van der Waals surface area contributed by atoms with Crippen molar-refractivity contribution in [2.24, 2.45) is 0 Å². The summed E-state index contributed by atoms with van der Waals surface area (Å²) in [6.45, 7) is 2.77. The highest BCUT2D eigenvalue weighted by atomic mass is 16.4. The van der Waals surface area contributed by atoms with Crippen molar-refractivity contribution in [3.8, 4) is 0 Å². The van der Waals surface area contributed by atoms with Crippen LogP contribution in [-0.4, -0.2) is 32.5 Å². The minimum absolute atomic E-state index is 0.162.